The summed E-state index contributed by atoms with van der Waals surface area (Å²) in [5.74, 6) is 0. The molecule has 0 bridgehead atoms. The van der Waals surface area contributed by atoms with E-state index in [2.05, 4.69) is 35.3 Å². The molecule has 2 aromatic heterocycles. The van der Waals surface area contributed by atoms with Crippen LogP contribution in [0.1, 0.15) is 36.8 Å². The molecule has 4 heteroatoms. The van der Waals surface area contributed by atoms with Gasteiger partial charge in [-0.25, -0.2) is 0 Å². The van der Waals surface area contributed by atoms with Crippen molar-refractivity contribution >= 4 is 0 Å². The van der Waals surface area contributed by atoms with Crippen LogP contribution in [0.25, 0.3) is 0 Å². The molecular weight excluding hydrogens is 224 g/mol. The summed E-state index contributed by atoms with van der Waals surface area (Å²) in [4.78, 5) is 4.03. The molecule has 0 radical (unpaired) electrons. The fraction of sp³-hybridized carbons (Fsp3) is 0.429. The molecule has 1 N–H and O–H groups in total. The predicted molar refractivity (Wildman–Crippen MR) is 72.1 cm³/mol. The third-order valence-electron chi connectivity index (χ3n) is 3.19. The SMILES string of the molecule is CCc1cc(CN[C@H](C)c2ccncc2)n(C)n1. The fourth-order valence-corrected chi connectivity index (χ4v) is 1.94. The number of rotatable bonds is 5. The van der Waals surface area contributed by atoms with E-state index in [1.807, 2.05) is 36.3 Å². The molecule has 2 aromatic rings. The van der Waals surface area contributed by atoms with Crippen molar-refractivity contribution in [1.82, 2.24) is 20.1 Å². The molecule has 0 aliphatic rings. The van der Waals surface area contributed by atoms with Gasteiger partial charge in [-0.1, -0.05) is 6.92 Å². The van der Waals surface area contributed by atoms with Crippen LogP contribution in [-0.4, -0.2) is 14.8 Å². The highest BCUT2D eigenvalue weighted by Gasteiger charge is 2.07. The molecule has 1 atom stereocenters. The van der Waals surface area contributed by atoms with Gasteiger partial charge < -0.3 is 5.32 Å². The molecule has 96 valence electrons. The van der Waals surface area contributed by atoms with Gasteiger partial charge >= 0.3 is 0 Å². The molecule has 2 rings (SSSR count). The molecule has 2 heterocycles. The Bertz CT molecular complexity index is 490. The van der Waals surface area contributed by atoms with Gasteiger partial charge in [0, 0.05) is 32.0 Å². The second-order valence-electron chi connectivity index (χ2n) is 4.49. The van der Waals surface area contributed by atoms with E-state index in [4.69, 9.17) is 0 Å². The van der Waals surface area contributed by atoms with Crippen molar-refractivity contribution in [3.63, 3.8) is 0 Å². The maximum Gasteiger partial charge on any atom is 0.0625 e. The molecule has 0 saturated carbocycles. The van der Waals surface area contributed by atoms with Gasteiger partial charge in [-0.05, 0) is 37.1 Å². The Hall–Kier alpha value is -1.68. The van der Waals surface area contributed by atoms with Crippen LogP contribution in [0.2, 0.25) is 0 Å². The second kappa shape index (κ2) is 5.78. The predicted octanol–water partition coefficient (Wildman–Crippen LogP) is 2.23. The highest BCUT2D eigenvalue weighted by atomic mass is 15.3. The normalized spacial score (nSPS) is 12.6. The monoisotopic (exact) mass is 244 g/mol. The highest BCUT2D eigenvalue weighted by molar-refractivity contribution is 5.15. The summed E-state index contributed by atoms with van der Waals surface area (Å²) in [5, 5.41) is 7.95. The number of hydrogen-bond acceptors (Lipinski definition) is 3. The summed E-state index contributed by atoms with van der Waals surface area (Å²) in [5.41, 5.74) is 3.61. The summed E-state index contributed by atoms with van der Waals surface area (Å²) < 4.78 is 1.95. The van der Waals surface area contributed by atoms with E-state index in [1.54, 1.807) is 0 Å². The van der Waals surface area contributed by atoms with Crippen molar-refractivity contribution in [3.05, 3.63) is 47.5 Å². The second-order valence-corrected chi connectivity index (χ2v) is 4.49. The molecule has 0 fully saturated rings. The van der Waals surface area contributed by atoms with Gasteiger partial charge in [0.05, 0.1) is 11.4 Å². The Morgan fingerprint density at radius 1 is 1.33 bits per heavy atom. The lowest BCUT2D eigenvalue weighted by atomic mass is 10.1. The minimum absolute atomic E-state index is 0.313. The van der Waals surface area contributed by atoms with E-state index in [0.717, 1.165) is 18.7 Å². The summed E-state index contributed by atoms with van der Waals surface area (Å²) in [6.45, 7) is 5.11. The van der Waals surface area contributed by atoms with E-state index in [0.29, 0.717) is 6.04 Å². The van der Waals surface area contributed by atoms with Gasteiger partial charge in [-0.15, -0.1) is 0 Å². The average Bonchev–Trinajstić information content (AvgIpc) is 2.77. The zero-order chi connectivity index (χ0) is 13.0. The molecule has 18 heavy (non-hydrogen) atoms. The van der Waals surface area contributed by atoms with Gasteiger partial charge in [0.15, 0.2) is 0 Å². The van der Waals surface area contributed by atoms with E-state index in [1.165, 1.54) is 11.3 Å². The van der Waals surface area contributed by atoms with Gasteiger partial charge in [0.2, 0.25) is 0 Å². The molecule has 0 aliphatic heterocycles. The van der Waals surface area contributed by atoms with Crippen molar-refractivity contribution in [3.8, 4) is 0 Å². The van der Waals surface area contributed by atoms with E-state index < -0.39 is 0 Å². The van der Waals surface area contributed by atoms with Crippen molar-refractivity contribution in [1.29, 1.82) is 0 Å². The zero-order valence-corrected chi connectivity index (χ0v) is 11.2. The largest absolute Gasteiger partial charge is 0.305 e. The van der Waals surface area contributed by atoms with Crippen LogP contribution < -0.4 is 5.32 Å². The first-order chi connectivity index (χ1) is 8.70. The molecule has 0 amide bonds. The van der Waals surface area contributed by atoms with E-state index in [-0.39, 0.29) is 0 Å². The molecular formula is C14H20N4. The van der Waals surface area contributed by atoms with Crippen LogP contribution in [-0.2, 0) is 20.0 Å². The van der Waals surface area contributed by atoms with Crippen LogP contribution in [0.4, 0.5) is 0 Å². The topological polar surface area (TPSA) is 42.7 Å². The first kappa shape index (κ1) is 12.8. The van der Waals surface area contributed by atoms with Crippen LogP contribution in [0.5, 0.6) is 0 Å². The number of aryl methyl sites for hydroxylation is 2. The molecule has 0 aromatic carbocycles. The quantitative estimate of drug-likeness (QED) is 0.877. The third kappa shape index (κ3) is 2.96. The number of nitrogens with one attached hydrogen (secondary N) is 1. The number of hydrogen-bond donors (Lipinski definition) is 1. The minimum Gasteiger partial charge on any atom is -0.305 e. The van der Waals surface area contributed by atoms with Gasteiger partial charge in [0.25, 0.3) is 0 Å². The highest BCUT2D eigenvalue weighted by Crippen LogP contribution is 2.12. The fourth-order valence-electron chi connectivity index (χ4n) is 1.94. The third-order valence-corrected chi connectivity index (χ3v) is 3.19. The number of nitrogens with zero attached hydrogens (tertiary/aromatic N) is 3. The van der Waals surface area contributed by atoms with E-state index >= 15 is 0 Å². The van der Waals surface area contributed by atoms with E-state index in [9.17, 15) is 0 Å². The minimum atomic E-state index is 0.313. The zero-order valence-electron chi connectivity index (χ0n) is 11.2. The van der Waals surface area contributed by atoms with Crippen molar-refractivity contribution in [2.45, 2.75) is 32.9 Å². The lowest BCUT2D eigenvalue weighted by Crippen LogP contribution is -2.19. The first-order valence-electron chi connectivity index (χ1n) is 6.35. The van der Waals surface area contributed by atoms with Gasteiger partial charge in [-0.3, -0.25) is 9.67 Å². The lowest BCUT2D eigenvalue weighted by molar-refractivity contribution is 0.547. The van der Waals surface area contributed by atoms with Gasteiger partial charge in [-0.2, -0.15) is 5.10 Å². The Morgan fingerprint density at radius 3 is 2.67 bits per heavy atom. The summed E-state index contributed by atoms with van der Waals surface area (Å²) in [6, 6.07) is 6.55. The summed E-state index contributed by atoms with van der Waals surface area (Å²) >= 11 is 0. The van der Waals surface area contributed by atoms with Gasteiger partial charge in [0.1, 0.15) is 0 Å². The van der Waals surface area contributed by atoms with Crippen LogP contribution >= 0.6 is 0 Å². The van der Waals surface area contributed by atoms with Crippen LogP contribution in [0.3, 0.4) is 0 Å². The smallest absolute Gasteiger partial charge is 0.0625 e. The average molecular weight is 244 g/mol. The van der Waals surface area contributed by atoms with Crippen molar-refractivity contribution in [2.75, 3.05) is 0 Å². The van der Waals surface area contributed by atoms with Crippen molar-refractivity contribution < 1.29 is 0 Å². The maximum absolute atomic E-state index is 4.45. The Kier molecular flexibility index (Phi) is 4.10. The van der Waals surface area contributed by atoms with Crippen LogP contribution in [0.15, 0.2) is 30.6 Å². The summed E-state index contributed by atoms with van der Waals surface area (Å²) in [6.07, 6.45) is 4.63. The number of aromatic nitrogens is 3. The Morgan fingerprint density at radius 2 is 2.06 bits per heavy atom. The molecule has 0 unspecified atom stereocenters. The molecule has 0 saturated heterocycles. The lowest BCUT2D eigenvalue weighted by Gasteiger charge is -2.13. The molecule has 0 spiro atoms. The van der Waals surface area contributed by atoms with Crippen molar-refractivity contribution in [2.24, 2.45) is 7.05 Å². The molecule has 0 aliphatic carbocycles. The Balaban J connectivity index is 1.97. The summed E-state index contributed by atoms with van der Waals surface area (Å²) in [7, 11) is 1.99. The molecule has 4 nitrogen and oxygen atoms in total. The van der Waals surface area contributed by atoms with Crippen LogP contribution in [0, 0.1) is 0 Å². The standard InChI is InChI=1S/C14H20N4/c1-4-13-9-14(18(3)17-13)10-16-11(2)12-5-7-15-8-6-12/h5-9,11,16H,4,10H2,1-3H3/t11-/m1/s1. The number of pyridine rings is 1. The Labute approximate surface area is 108 Å². The maximum atomic E-state index is 4.45. The first-order valence-corrected chi connectivity index (χ1v) is 6.35.